The van der Waals surface area contributed by atoms with Crippen LogP contribution in [-0.2, 0) is 28.8 Å². The Labute approximate surface area is 193 Å². The van der Waals surface area contributed by atoms with E-state index < -0.39 is 79.1 Å². The molecule has 0 radical (unpaired) electrons. The lowest BCUT2D eigenvalue weighted by Crippen LogP contribution is -2.57. The first kappa shape index (κ1) is 29.5. The summed E-state index contributed by atoms with van der Waals surface area (Å²) >= 11 is 5.24. The Morgan fingerprint density at radius 2 is 1.38 bits per heavy atom. The van der Waals surface area contributed by atoms with E-state index in [1.54, 1.807) is 6.26 Å². The number of nitrogens with one attached hydrogen (secondary N) is 3. The highest BCUT2D eigenvalue weighted by molar-refractivity contribution is 7.98. The molecule has 3 amide bonds. The van der Waals surface area contributed by atoms with Crippen LogP contribution in [0.15, 0.2) is 0 Å². The molecular formula is C17H28N4O9S2. The zero-order valence-corrected chi connectivity index (χ0v) is 19.0. The summed E-state index contributed by atoms with van der Waals surface area (Å²) in [5, 5.41) is 33.5. The van der Waals surface area contributed by atoms with Crippen molar-refractivity contribution in [1.82, 2.24) is 16.0 Å². The van der Waals surface area contributed by atoms with Gasteiger partial charge in [-0.3, -0.25) is 24.0 Å². The topological polar surface area (TPSA) is 225 Å². The first-order chi connectivity index (χ1) is 14.9. The number of carboxylic acid groups (broad SMARTS) is 3. The maximum absolute atomic E-state index is 12.6. The molecule has 32 heavy (non-hydrogen) atoms. The first-order valence-corrected chi connectivity index (χ1v) is 11.4. The molecule has 0 aromatic carbocycles. The Bertz CT molecular complexity index is 708. The van der Waals surface area contributed by atoms with Gasteiger partial charge in [0.2, 0.25) is 17.7 Å². The van der Waals surface area contributed by atoms with Crippen molar-refractivity contribution in [1.29, 1.82) is 0 Å². The normalized spacial score (nSPS) is 14.3. The van der Waals surface area contributed by atoms with Crippen molar-refractivity contribution in [3.8, 4) is 0 Å². The molecule has 0 spiro atoms. The molecule has 4 atom stereocenters. The van der Waals surface area contributed by atoms with Gasteiger partial charge >= 0.3 is 17.9 Å². The average Bonchev–Trinajstić information content (AvgIpc) is 2.71. The van der Waals surface area contributed by atoms with Gasteiger partial charge < -0.3 is 37.0 Å². The number of thiol groups is 1. The second kappa shape index (κ2) is 15.3. The maximum Gasteiger partial charge on any atom is 0.327 e. The fourth-order valence-corrected chi connectivity index (χ4v) is 3.04. The van der Waals surface area contributed by atoms with Gasteiger partial charge in [0, 0.05) is 12.2 Å². The van der Waals surface area contributed by atoms with E-state index in [-0.39, 0.29) is 12.2 Å². The molecule has 0 aliphatic heterocycles. The predicted octanol–water partition coefficient (Wildman–Crippen LogP) is -2.12. The summed E-state index contributed by atoms with van der Waals surface area (Å²) in [6.07, 6.45) is 0.294. The van der Waals surface area contributed by atoms with E-state index in [2.05, 4.69) is 28.6 Å². The highest BCUT2D eigenvalue weighted by Crippen LogP contribution is 2.04. The second-order valence-corrected chi connectivity index (χ2v) is 7.97. The van der Waals surface area contributed by atoms with Crippen molar-refractivity contribution in [3.63, 3.8) is 0 Å². The molecule has 182 valence electrons. The van der Waals surface area contributed by atoms with Crippen molar-refractivity contribution in [2.45, 2.75) is 49.9 Å². The van der Waals surface area contributed by atoms with E-state index in [0.29, 0.717) is 5.75 Å². The van der Waals surface area contributed by atoms with E-state index in [1.165, 1.54) is 11.8 Å². The Morgan fingerprint density at radius 1 is 0.844 bits per heavy atom. The van der Waals surface area contributed by atoms with E-state index in [1.807, 2.05) is 0 Å². The molecule has 0 saturated heterocycles. The van der Waals surface area contributed by atoms with Crippen molar-refractivity contribution in [2.24, 2.45) is 5.73 Å². The molecule has 0 aromatic heterocycles. The molecule has 0 bridgehead atoms. The number of carboxylic acids is 3. The van der Waals surface area contributed by atoms with Gasteiger partial charge in [-0.05, 0) is 24.9 Å². The molecule has 13 nitrogen and oxygen atoms in total. The Balaban J connectivity index is 5.45. The monoisotopic (exact) mass is 496 g/mol. The molecule has 0 aliphatic rings. The summed E-state index contributed by atoms with van der Waals surface area (Å²) in [4.78, 5) is 70.3. The number of carbonyl (C=O) groups excluding carboxylic acids is 3. The van der Waals surface area contributed by atoms with Gasteiger partial charge in [-0.2, -0.15) is 24.4 Å². The van der Waals surface area contributed by atoms with Crippen molar-refractivity contribution >= 4 is 60.0 Å². The minimum atomic E-state index is -1.60. The summed E-state index contributed by atoms with van der Waals surface area (Å²) in [6.45, 7) is 0. The molecule has 0 heterocycles. The average molecular weight is 497 g/mol. The van der Waals surface area contributed by atoms with Crippen LogP contribution < -0.4 is 21.7 Å². The number of rotatable bonds is 16. The molecule has 0 aromatic rings. The van der Waals surface area contributed by atoms with Gasteiger partial charge in [0.15, 0.2) is 0 Å². The molecular weight excluding hydrogens is 468 g/mol. The molecule has 4 unspecified atom stereocenters. The fraction of sp³-hybridized carbons (Fsp3) is 0.647. The van der Waals surface area contributed by atoms with Crippen LogP contribution in [0.1, 0.15) is 25.7 Å². The molecule has 0 saturated carbocycles. The summed E-state index contributed by atoms with van der Waals surface area (Å²) < 4.78 is 0. The van der Waals surface area contributed by atoms with Gasteiger partial charge in [0.1, 0.15) is 18.1 Å². The highest BCUT2D eigenvalue weighted by Gasteiger charge is 2.31. The van der Waals surface area contributed by atoms with Crippen molar-refractivity contribution in [3.05, 3.63) is 0 Å². The van der Waals surface area contributed by atoms with Gasteiger partial charge in [0.05, 0.1) is 12.5 Å². The van der Waals surface area contributed by atoms with Crippen molar-refractivity contribution < 1.29 is 44.1 Å². The van der Waals surface area contributed by atoms with Crippen LogP contribution in [0.2, 0.25) is 0 Å². The van der Waals surface area contributed by atoms with Crippen LogP contribution in [0.3, 0.4) is 0 Å². The molecule has 0 aliphatic carbocycles. The zero-order valence-electron chi connectivity index (χ0n) is 17.3. The number of aliphatic carboxylic acids is 3. The zero-order chi connectivity index (χ0) is 24.8. The smallest absolute Gasteiger partial charge is 0.327 e. The largest absolute Gasteiger partial charge is 0.481 e. The minimum Gasteiger partial charge on any atom is -0.481 e. The van der Waals surface area contributed by atoms with Crippen LogP contribution in [0.25, 0.3) is 0 Å². The third-order valence-electron chi connectivity index (χ3n) is 4.06. The predicted molar refractivity (Wildman–Crippen MR) is 117 cm³/mol. The molecule has 15 heteroatoms. The number of carbonyl (C=O) groups is 6. The van der Waals surface area contributed by atoms with Crippen LogP contribution in [0, 0.1) is 0 Å². The standard InChI is InChI=1S/C17H28N4O9S2/c1-32-5-4-8(18)14(26)20-10(6-13(24)25)16(28)19-9(2-3-12(22)23)15(27)21-11(7-31)17(29)30/h8-11,31H,2-7,18H2,1H3,(H,19,28)(H,20,26)(H,21,27)(H,22,23)(H,24,25)(H,29,30). The van der Waals surface area contributed by atoms with Crippen molar-refractivity contribution in [2.75, 3.05) is 17.8 Å². The Kier molecular flexibility index (Phi) is 14.1. The minimum absolute atomic E-state index is 0.272. The van der Waals surface area contributed by atoms with E-state index >= 15 is 0 Å². The molecule has 0 rings (SSSR count). The van der Waals surface area contributed by atoms with Crippen LogP contribution in [0.5, 0.6) is 0 Å². The lowest BCUT2D eigenvalue weighted by molar-refractivity contribution is -0.143. The number of nitrogens with two attached hydrogens (primary N) is 1. The number of thioether (sulfide) groups is 1. The Hall–Kier alpha value is -2.52. The maximum atomic E-state index is 12.6. The molecule has 8 N–H and O–H groups in total. The number of amides is 3. The van der Waals surface area contributed by atoms with Gasteiger partial charge in [-0.25, -0.2) is 4.79 Å². The van der Waals surface area contributed by atoms with E-state index in [0.717, 1.165) is 0 Å². The quantitative estimate of drug-likeness (QED) is 0.108. The van der Waals surface area contributed by atoms with Crippen LogP contribution in [0.4, 0.5) is 0 Å². The van der Waals surface area contributed by atoms with Crippen LogP contribution >= 0.6 is 24.4 Å². The van der Waals surface area contributed by atoms with E-state index in [9.17, 15) is 28.8 Å². The highest BCUT2D eigenvalue weighted by atomic mass is 32.2. The van der Waals surface area contributed by atoms with Crippen LogP contribution in [-0.4, -0.2) is 92.9 Å². The summed E-state index contributed by atoms with van der Waals surface area (Å²) in [5.41, 5.74) is 5.71. The van der Waals surface area contributed by atoms with Gasteiger partial charge in [0.25, 0.3) is 0 Å². The summed E-state index contributed by atoms with van der Waals surface area (Å²) in [6, 6.07) is -5.50. The third kappa shape index (κ3) is 11.8. The lowest BCUT2D eigenvalue weighted by atomic mass is 10.1. The first-order valence-electron chi connectivity index (χ1n) is 9.35. The molecule has 0 fully saturated rings. The third-order valence-corrected chi connectivity index (χ3v) is 5.07. The Morgan fingerprint density at radius 3 is 1.84 bits per heavy atom. The number of hydrogen-bond acceptors (Lipinski definition) is 9. The number of hydrogen-bond donors (Lipinski definition) is 8. The SMILES string of the molecule is CSCCC(N)C(=O)NC(CC(=O)O)C(=O)NC(CCC(=O)O)C(=O)NC(CS)C(=O)O. The second-order valence-electron chi connectivity index (χ2n) is 6.62. The lowest BCUT2D eigenvalue weighted by Gasteiger charge is -2.24. The van der Waals surface area contributed by atoms with E-state index in [4.69, 9.17) is 21.1 Å². The van der Waals surface area contributed by atoms with Gasteiger partial charge in [-0.1, -0.05) is 0 Å². The fourth-order valence-electron chi connectivity index (χ4n) is 2.31. The van der Waals surface area contributed by atoms with Gasteiger partial charge in [-0.15, -0.1) is 0 Å². The summed E-state index contributed by atoms with van der Waals surface area (Å²) in [7, 11) is 0. The summed E-state index contributed by atoms with van der Waals surface area (Å²) in [5.74, 6) is -6.66.